The van der Waals surface area contributed by atoms with Crippen LogP contribution in [0.25, 0.3) is 0 Å². The smallest absolute Gasteiger partial charge is 0.272 e. The molecule has 0 spiro atoms. The van der Waals surface area contributed by atoms with E-state index in [2.05, 4.69) is 5.16 Å². The maximum atomic E-state index is 11.6. The molecule has 7 heteroatoms. The fourth-order valence-electron chi connectivity index (χ4n) is 1.89. The van der Waals surface area contributed by atoms with Gasteiger partial charge in [0.05, 0.1) is 0 Å². The van der Waals surface area contributed by atoms with Crippen molar-refractivity contribution in [3.8, 4) is 0 Å². The quantitative estimate of drug-likeness (QED) is 0.438. The number of fused-ring (bicyclic) bond motifs is 1. The van der Waals surface area contributed by atoms with Crippen molar-refractivity contribution in [1.82, 2.24) is 0 Å². The molecule has 17 heavy (non-hydrogen) atoms. The first-order valence-electron chi connectivity index (χ1n) is 4.76. The van der Waals surface area contributed by atoms with Gasteiger partial charge in [0.15, 0.2) is 11.5 Å². The lowest BCUT2D eigenvalue weighted by Gasteiger charge is -2.22. The van der Waals surface area contributed by atoms with Crippen LogP contribution in [0.1, 0.15) is 22.8 Å². The monoisotopic (exact) mass is 255 g/mol. The highest BCUT2D eigenvalue weighted by Crippen LogP contribution is 2.33. The summed E-state index contributed by atoms with van der Waals surface area (Å²) in [5, 5.41) is 10.3. The second-order valence-electron chi connectivity index (χ2n) is 3.67. The molecule has 0 aromatic heterocycles. The highest BCUT2D eigenvalue weighted by molar-refractivity contribution is 7.86. The molecule has 6 nitrogen and oxygen atoms in total. The molecule has 0 fully saturated rings. The SMILES string of the molecule is O=C1CC(S(=O)(=O)O)c2ccccc2/C1=N\O. The molecule has 2 N–H and O–H groups in total. The van der Waals surface area contributed by atoms with E-state index in [1.807, 2.05) is 0 Å². The number of benzene rings is 1. The van der Waals surface area contributed by atoms with Crippen LogP contribution in [-0.2, 0) is 14.9 Å². The number of hydrogen-bond acceptors (Lipinski definition) is 5. The molecule has 0 amide bonds. The van der Waals surface area contributed by atoms with Crippen LogP contribution in [0.3, 0.4) is 0 Å². The van der Waals surface area contributed by atoms with E-state index in [4.69, 9.17) is 9.76 Å². The summed E-state index contributed by atoms with van der Waals surface area (Å²) < 4.78 is 31.5. The first-order chi connectivity index (χ1) is 7.95. The number of carbonyl (C=O) groups is 1. The Kier molecular flexibility index (Phi) is 2.72. The predicted octanol–water partition coefficient (Wildman–Crippen LogP) is 0.767. The molecule has 1 atom stereocenters. The van der Waals surface area contributed by atoms with Gasteiger partial charge in [-0.2, -0.15) is 8.42 Å². The molecule has 1 aliphatic rings. The minimum absolute atomic E-state index is 0.180. The summed E-state index contributed by atoms with van der Waals surface area (Å²) >= 11 is 0. The average Bonchev–Trinajstić information content (AvgIpc) is 2.27. The fourth-order valence-corrected chi connectivity index (χ4v) is 2.78. The number of hydrogen-bond donors (Lipinski definition) is 2. The van der Waals surface area contributed by atoms with Crippen LogP contribution in [0, 0.1) is 0 Å². The van der Waals surface area contributed by atoms with E-state index in [9.17, 15) is 13.2 Å². The lowest BCUT2D eigenvalue weighted by Crippen LogP contribution is -2.30. The van der Waals surface area contributed by atoms with E-state index in [-0.39, 0.29) is 16.8 Å². The van der Waals surface area contributed by atoms with Crippen molar-refractivity contribution < 1.29 is 23.0 Å². The Bertz CT molecular complexity index is 605. The van der Waals surface area contributed by atoms with Crippen LogP contribution >= 0.6 is 0 Å². The average molecular weight is 255 g/mol. The Morgan fingerprint density at radius 3 is 2.53 bits per heavy atom. The van der Waals surface area contributed by atoms with Gasteiger partial charge in [-0.25, -0.2) is 0 Å². The zero-order valence-electron chi connectivity index (χ0n) is 8.57. The lowest BCUT2D eigenvalue weighted by molar-refractivity contribution is -0.113. The predicted molar refractivity (Wildman–Crippen MR) is 58.7 cm³/mol. The van der Waals surface area contributed by atoms with Gasteiger partial charge in [-0.1, -0.05) is 29.4 Å². The zero-order chi connectivity index (χ0) is 12.6. The molecule has 1 aromatic carbocycles. The number of carbonyl (C=O) groups excluding carboxylic acids is 1. The molecule has 0 aliphatic heterocycles. The second kappa shape index (κ2) is 3.94. The molecule has 1 aromatic rings. The van der Waals surface area contributed by atoms with Gasteiger partial charge in [-0.15, -0.1) is 0 Å². The van der Waals surface area contributed by atoms with Crippen LogP contribution in [-0.4, -0.2) is 29.7 Å². The highest BCUT2D eigenvalue weighted by atomic mass is 32.2. The standard InChI is InChI=1S/C10H9NO5S/c12-8-5-9(17(14,15)16)6-3-1-2-4-7(6)10(8)11-13/h1-4,9,13H,5H2,(H,14,15,16)/b11-10+. The number of ketones is 1. The van der Waals surface area contributed by atoms with E-state index in [1.165, 1.54) is 12.1 Å². The van der Waals surface area contributed by atoms with Gasteiger partial charge in [-0.05, 0) is 5.56 Å². The van der Waals surface area contributed by atoms with Crippen molar-refractivity contribution in [1.29, 1.82) is 0 Å². The summed E-state index contributed by atoms with van der Waals surface area (Å²) in [6.07, 6.45) is -0.421. The van der Waals surface area contributed by atoms with E-state index < -0.39 is 27.6 Å². The van der Waals surface area contributed by atoms with Gasteiger partial charge in [0.2, 0.25) is 0 Å². The maximum Gasteiger partial charge on any atom is 0.272 e. The van der Waals surface area contributed by atoms with E-state index in [0.717, 1.165) is 0 Å². The molecule has 0 radical (unpaired) electrons. The van der Waals surface area contributed by atoms with Crippen LogP contribution in [0.5, 0.6) is 0 Å². The highest BCUT2D eigenvalue weighted by Gasteiger charge is 2.37. The van der Waals surface area contributed by atoms with E-state index in [1.54, 1.807) is 12.1 Å². The van der Waals surface area contributed by atoms with Crippen LogP contribution in [0.2, 0.25) is 0 Å². The fraction of sp³-hybridized carbons (Fsp3) is 0.200. The van der Waals surface area contributed by atoms with Crippen molar-refractivity contribution in [2.45, 2.75) is 11.7 Å². The van der Waals surface area contributed by atoms with Crippen LogP contribution in [0.4, 0.5) is 0 Å². The minimum atomic E-state index is -4.36. The first kappa shape index (κ1) is 11.7. The van der Waals surface area contributed by atoms with Crippen molar-refractivity contribution >= 4 is 21.6 Å². The largest absolute Gasteiger partial charge is 0.410 e. The Labute approximate surface area is 97.3 Å². The minimum Gasteiger partial charge on any atom is -0.410 e. The van der Waals surface area contributed by atoms with Crippen LogP contribution in [0.15, 0.2) is 29.4 Å². The summed E-state index contributed by atoms with van der Waals surface area (Å²) in [6, 6.07) is 6.12. The molecule has 0 heterocycles. The van der Waals surface area contributed by atoms with Gasteiger partial charge in [0.1, 0.15) is 5.25 Å². The second-order valence-corrected chi connectivity index (χ2v) is 5.27. The van der Waals surface area contributed by atoms with E-state index >= 15 is 0 Å². The number of Topliss-reactive ketones (excluding diaryl/α,β-unsaturated/α-hetero) is 1. The Morgan fingerprint density at radius 1 is 1.29 bits per heavy atom. The maximum absolute atomic E-state index is 11.6. The van der Waals surface area contributed by atoms with Gasteiger partial charge in [-0.3, -0.25) is 9.35 Å². The third-order valence-corrected chi connectivity index (χ3v) is 3.80. The molecule has 0 saturated carbocycles. The zero-order valence-corrected chi connectivity index (χ0v) is 9.38. The Hall–Kier alpha value is -1.73. The van der Waals surface area contributed by atoms with Crippen molar-refractivity contribution in [3.63, 3.8) is 0 Å². The summed E-state index contributed by atoms with van der Waals surface area (Å²) in [7, 11) is -4.36. The first-order valence-corrected chi connectivity index (χ1v) is 6.26. The molecule has 1 unspecified atom stereocenters. The van der Waals surface area contributed by atoms with Gasteiger partial charge in [0, 0.05) is 12.0 Å². The van der Waals surface area contributed by atoms with E-state index in [0.29, 0.717) is 0 Å². The number of oxime groups is 1. The van der Waals surface area contributed by atoms with Crippen molar-refractivity contribution in [3.05, 3.63) is 35.4 Å². The molecule has 1 aliphatic carbocycles. The molecule has 90 valence electrons. The number of rotatable bonds is 1. The summed E-state index contributed by atoms with van der Waals surface area (Å²) in [4.78, 5) is 11.6. The molecular formula is C10H9NO5S. The third-order valence-electron chi connectivity index (χ3n) is 2.66. The third kappa shape index (κ3) is 1.94. The van der Waals surface area contributed by atoms with Crippen molar-refractivity contribution in [2.75, 3.05) is 0 Å². The van der Waals surface area contributed by atoms with Crippen LogP contribution < -0.4 is 0 Å². The molecule has 0 saturated heterocycles. The summed E-state index contributed by atoms with van der Waals surface area (Å²) in [5.74, 6) is -0.617. The normalized spacial score (nSPS) is 22.5. The van der Waals surface area contributed by atoms with Crippen molar-refractivity contribution in [2.24, 2.45) is 5.16 Å². The summed E-state index contributed by atoms with van der Waals surface area (Å²) in [6.45, 7) is 0. The Morgan fingerprint density at radius 2 is 1.94 bits per heavy atom. The topological polar surface area (TPSA) is 104 Å². The molecule has 0 bridgehead atoms. The lowest BCUT2D eigenvalue weighted by atomic mass is 9.89. The van der Waals surface area contributed by atoms with Gasteiger partial charge >= 0.3 is 0 Å². The number of nitrogens with zero attached hydrogens (tertiary/aromatic N) is 1. The summed E-state index contributed by atoms with van der Waals surface area (Å²) in [5.41, 5.74) is 0.316. The Balaban J connectivity index is 2.69. The van der Waals surface area contributed by atoms with Gasteiger partial charge < -0.3 is 5.21 Å². The van der Waals surface area contributed by atoms with Gasteiger partial charge in [0.25, 0.3) is 10.1 Å². The molecule has 2 rings (SSSR count). The molecular weight excluding hydrogens is 246 g/mol.